The van der Waals surface area contributed by atoms with Crippen LogP contribution in [0.25, 0.3) is 0 Å². The first-order valence-corrected chi connectivity index (χ1v) is 6.23. The molecular weight excluding hydrogens is 214 g/mol. The van der Waals surface area contributed by atoms with Crippen molar-refractivity contribution >= 4 is 0 Å². The van der Waals surface area contributed by atoms with Crippen molar-refractivity contribution in [1.29, 1.82) is 0 Å². The number of hydrogen-bond acceptors (Lipinski definition) is 3. The van der Waals surface area contributed by atoms with E-state index in [0.29, 0.717) is 13.2 Å². The van der Waals surface area contributed by atoms with Crippen molar-refractivity contribution < 1.29 is 9.84 Å². The minimum Gasteiger partial charge on any atom is -0.490 e. The standard InChI is InChI=1S/C14H23NO2/c1-4-8-15-9-13(16)10-17-14-11(2)6-5-7-12(14)3/h5-7,13,15-16H,4,8-10H2,1-3H3/t13-/m0/s1. The highest BCUT2D eigenvalue weighted by atomic mass is 16.5. The van der Waals surface area contributed by atoms with Gasteiger partial charge in [-0.3, -0.25) is 0 Å². The van der Waals surface area contributed by atoms with Gasteiger partial charge < -0.3 is 15.2 Å². The van der Waals surface area contributed by atoms with Gasteiger partial charge in [0.05, 0.1) is 0 Å². The molecule has 0 saturated heterocycles. The van der Waals surface area contributed by atoms with E-state index < -0.39 is 6.10 Å². The maximum Gasteiger partial charge on any atom is 0.125 e. The van der Waals surface area contributed by atoms with Gasteiger partial charge in [0.15, 0.2) is 0 Å². The fourth-order valence-corrected chi connectivity index (χ4v) is 1.71. The Bertz CT molecular complexity index is 319. The largest absolute Gasteiger partial charge is 0.490 e. The van der Waals surface area contributed by atoms with Crippen LogP contribution in [0.1, 0.15) is 24.5 Å². The third kappa shape index (κ3) is 4.75. The van der Waals surface area contributed by atoms with E-state index in [4.69, 9.17) is 4.74 Å². The normalized spacial score (nSPS) is 12.5. The van der Waals surface area contributed by atoms with E-state index in [1.807, 2.05) is 32.0 Å². The van der Waals surface area contributed by atoms with Crippen molar-refractivity contribution in [3.05, 3.63) is 29.3 Å². The van der Waals surface area contributed by atoms with Gasteiger partial charge in [0.2, 0.25) is 0 Å². The van der Waals surface area contributed by atoms with Crippen LogP contribution in [0.2, 0.25) is 0 Å². The summed E-state index contributed by atoms with van der Waals surface area (Å²) in [5.41, 5.74) is 2.22. The molecule has 0 aliphatic carbocycles. The minimum atomic E-state index is -0.458. The third-order valence-corrected chi connectivity index (χ3v) is 2.64. The highest BCUT2D eigenvalue weighted by molar-refractivity contribution is 5.39. The van der Waals surface area contributed by atoms with E-state index in [1.165, 1.54) is 0 Å². The first-order chi connectivity index (χ1) is 8.15. The Labute approximate surface area is 104 Å². The molecule has 1 aromatic carbocycles. The molecule has 1 rings (SSSR count). The van der Waals surface area contributed by atoms with E-state index in [-0.39, 0.29) is 0 Å². The molecule has 0 aliphatic rings. The lowest BCUT2D eigenvalue weighted by Crippen LogP contribution is -2.32. The Kier molecular flexibility index (Phi) is 6.01. The predicted molar refractivity (Wildman–Crippen MR) is 70.6 cm³/mol. The smallest absolute Gasteiger partial charge is 0.125 e. The molecule has 96 valence electrons. The molecule has 0 aromatic heterocycles. The van der Waals surface area contributed by atoms with Crippen molar-refractivity contribution in [2.24, 2.45) is 0 Å². The van der Waals surface area contributed by atoms with Gasteiger partial charge in [-0.2, -0.15) is 0 Å². The number of benzene rings is 1. The SMILES string of the molecule is CCCNC[C@H](O)COc1c(C)cccc1C. The van der Waals surface area contributed by atoms with Crippen molar-refractivity contribution in [3.8, 4) is 5.75 Å². The number of aliphatic hydroxyl groups is 1. The molecule has 0 radical (unpaired) electrons. The molecule has 3 nitrogen and oxygen atoms in total. The third-order valence-electron chi connectivity index (χ3n) is 2.64. The molecule has 0 aliphatic heterocycles. The van der Waals surface area contributed by atoms with Crippen LogP contribution in [0.4, 0.5) is 0 Å². The summed E-state index contributed by atoms with van der Waals surface area (Å²) in [6.07, 6.45) is 0.616. The van der Waals surface area contributed by atoms with Gasteiger partial charge in [0.1, 0.15) is 18.5 Å². The summed E-state index contributed by atoms with van der Waals surface area (Å²) in [5, 5.41) is 12.9. The van der Waals surface area contributed by atoms with Crippen molar-refractivity contribution in [2.75, 3.05) is 19.7 Å². The number of aliphatic hydroxyl groups excluding tert-OH is 1. The molecule has 3 heteroatoms. The van der Waals surface area contributed by atoms with E-state index in [1.54, 1.807) is 0 Å². The molecule has 1 atom stereocenters. The van der Waals surface area contributed by atoms with Crippen molar-refractivity contribution in [2.45, 2.75) is 33.3 Å². The zero-order valence-corrected chi connectivity index (χ0v) is 11.0. The monoisotopic (exact) mass is 237 g/mol. The van der Waals surface area contributed by atoms with E-state index >= 15 is 0 Å². The summed E-state index contributed by atoms with van der Waals surface area (Å²) >= 11 is 0. The van der Waals surface area contributed by atoms with Crippen LogP contribution in [0.5, 0.6) is 5.75 Å². The second-order valence-corrected chi connectivity index (χ2v) is 4.39. The second-order valence-electron chi connectivity index (χ2n) is 4.39. The molecule has 0 fully saturated rings. The number of hydrogen-bond donors (Lipinski definition) is 2. The number of para-hydroxylation sites is 1. The summed E-state index contributed by atoms with van der Waals surface area (Å²) in [7, 11) is 0. The second kappa shape index (κ2) is 7.30. The summed E-state index contributed by atoms with van der Waals surface area (Å²) in [6.45, 7) is 7.99. The maximum atomic E-state index is 9.73. The molecule has 0 spiro atoms. The summed E-state index contributed by atoms with van der Waals surface area (Å²) in [6, 6.07) is 6.05. The number of aryl methyl sites for hydroxylation is 2. The Morgan fingerprint density at radius 1 is 1.29 bits per heavy atom. The lowest BCUT2D eigenvalue weighted by atomic mass is 10.1. The van der Waals surface area contributed by atoms with Gasteiger partial charge in [-0.1, -0.05) is 25.1 Å². The average Bonchev–Trinajstić information content (AvgIpc) is 2.29. The van der Waals surface area contributed by atoms with Gasteiger partial charge in [-0.25, -0.2) is 0 Å². The van der Waals surface area contributed by atoms with Crippen LogP contribution < -0.4 is 10.1 Å². The Morgan fingerprint density at radius 2 is 1.94 bits per heavy atom. The summed E-state index contributed by atoms with van der Waals surface area (Å²) < 4.78 is 5.67. The predicted octanol–water partition coefficient (Wildman–Crippen LogP) is 2.04. The van der Waals surface area contributed by atoms with Crippen LogP contribution >= 0.6 is 0 Å². The molecule has 17 heavy (non-hydrogen) atoms. The van der Waals surface area contributed by atoms with Gasteiger partial charge in [-0.05, 0) is 37.9 Å². The van der Waals surface area contributed by atoms with Crippen molar-refractivity contribution in [3.63, 3.8) is 0 Å². The van der Waals surface area contributed by atoms with E-state index in [9.17, 15) is 5.11 Å². The van der Waals surface area contributed by atoms with E-state index in [0.717, 1.165) is 29.8 Å². The molecule has 0 saturated carbocycles. The molecule has 0 amide bonds. The van der Waals surface area contributed by atoms with Crippen molar-refractivity contribution in [1.82, 2.24) is 5.32 Å². The lowest BCUT2D eigenvalue weighted by molar-refractivity contribution is 0.106. The number of nitrogens with one attached hydrogen (secondary N) is 1. The van der Waals surface area contributed by atoms with Crippen LogP contribution in [-0.2, 0) is 0 Å². The lowest BCUT2D eigenvalue weighted by Gasteiger charge is -2.15. The van der Waals surface area contributed by atoms with Crippen LogP contribution in [-0.4, -0.2) is 30.9 Å². The fraction of sp³-hybridized carbons (Fsp3) is 0.571. The highest BCUT2D eigenvalue weighted by Crippen LogP contribution is 2.22. The Hall–Kier alpha value is -1.06. The Balaban J connectivity index is 2.39. The van der Waals surface area contributed by atoms with E-state index in [2.05, 4.69) is 12.2 Å². The molecule has 0 bridgehead atoms. The molecule has 1 aromatic rings. The molecule has 0 heterocycles. The molecule has 0 unspecified atom stereocenters. The highest BCUT2D eigenvalue weighted by Gasteiger charge is 2.07. The van der Waals surface area contributed by atoms with Crippen LogP contribution in [0.3, 0.4) is 0 Å². The van der Waals surface area contributed by atoms with Crippen LogP contribution in [0, 0.1) is 13.8 Å². The first kappa shape index (κ1) is 14.0. The van der Waals surface area contributed by atoms with Gasteiger partial charge in [-0.15, -0.1) is 0 Å². The molecule has 2 N–H and O–H groups in total. The quantitative estimate of drug-likeness (QED) is 0.713. The number of ether oxygens (including phenoxy) is 1. The van der Waals surface area contributed by atoms with Gasteiger partial charge >= 0.3 is 0 Å². The minimum absolute atomic E-state index is 0.336. The topological polar surface area (TPSA) is 41.5 Å². The summed E-state index contributed by atoms with van der Waals surface area (Å²) in [5.74, 6) is 0.891. The van der Waals surface area contributed by atoms with Crippen LogP contribution in [0.15, 0.2) is 18.2 Å². The summed E-state index contributed by atoms with van der Waals surface area (Å²) in [4.78, 5) is 0. The Morgan fingerprint density at radius 3 is 2.53 bits per heavy atom. The van der Waals surface area contributed by atoms with Gasteiger partial charge in [0.25, 0.3) is 0 Å². The maximum absolute atomic E-state index is 9.73. The molecular formula is C14H23NO2. The zero-order chi connectivity index (χ0) is 12.7. The van der Waals surface area contributed by atoms with Gasteiger partial charge in [0, 0.05) is 6.54 Å². The first-order valence-electron chi connectivity index (χ1n) is 6.23. The number of rotatable bonds is 7. The fourth-order valence-electron chi connectivity index (χ4n) is 1.71. The average molecular weight is 237 g/mol. The zero-order valence-electron chi connectivity index (χ0n) is 11.0.